The molecule has 0 fully saturated rings. The lowest BCUT2D eigenvalue weighted by Gasteiger charge is -2.40. The molecule has 2 rings (SSSR count). The number of hydrogen-bond acceptors (Lipinski definition) is 3. The highest BCUT2D eigenvalue weighted by Gasteiger charge is 2.29. The summed E-state index contributed by atoms with van der Waals surface area (Å²) in [6, 6.07) is 3.61. The van der Waals surface area contributed by atoms with Crippen LogP contribution in [0.25, 0.3) is 0 Å². The molecule has 0 saturated carbocycles. The minimum atomic E-state index is 0.593. The van der Waals surface area contributed by atoms with Gasteiger partial charge in [-0.15, -0.1) is 11.3 Å². The van der Waals surface area contributed by atoms with E-state index in [2.05, 4.69) is 42.4 Å². The molecular weight excluding hydrogens is 240 g/mol. The molecule has 0 radical (unpaired) electrons. The van der Waals surface area contributed by atoms with Crippen LogP contribution in [0.5, 0.6) is 0 Å². The van der Waals surface area contributed by atoms with Crippen molar-refractivity contribution in [2.75, 3.05) is 19.6 Å². The average Bonchev–Trinajstić information content (AvgIpc) is 2.84. The lowest BCUT2D eigenvalue weighted by atomic mass is 9.97. The third kappa shape index (κ3) is 2.95. The third-order valence-electron chi connectivity index (χ3n) is 4.05. The van der Waals surface area contributed by atoms with Crippen molar-refractivity contribution >= 4 is 11.3 Å². The molecule has 1 aliphatic rings. The molecule has 2 unspecified atom stereocenters. The van der Waals surface area contributed by atoms with E-state index in [0.717, 1.165) is 13.1 Å². The van der Waals surface area contributed by atoms with E-state index in [-0.39, 0.29) is 0 Å². The first-order valence-electron chi connectivity index (χ1n) is 7.30. The van der Waals surface area contributed by atoms with Crippen molar-refractivity contribution in [2.45, 2.75) is 52.1 Å². The maximum atomic E-state index is 3.53. The van der Waals surface area contributed by atoms with Crippen molar-refractivity contribution in [1.29, 1.82) is 0 Å². The molecule has 1 aliphatic heterocycles. The molecule has 1 aromatic heterocycles. The van der Waals surface area contributed by atoms with Gasteiger partial charge in [0.1, 0.15) is 0 Å². The van der Waals surface area contributed by atoms with Gasteiger partial charge in [0.15, 0.2) is 0 Å². The largest absolute Gasteiger partial charge is 0.315 e. The standard InChI is InChI=1S/C15H26N2S/c1-4-6-13(11-16-5-2)17-9-7-15-14(12(17)3)8-10-18-15/h8,10,12-13,16H,4-7,9,11H2,1-3H3. The van der Waals surface area contributed by atoms with Gasteiger partial charge in [-0.2, -0.15) is 0 Å². The van der Waals surface area contributed by atoms with E-state index in [0.29, 0.717) is 12.1 Å². The summed E-state index contributed by atoms with van der Waals surface area (Å²) in [5.41, 5.74) is 1.57. The molecule has 0 aromatic carbocycles. The van der Waals surface area contributed by atoms with Crippen molar-refractivity contribution < 1.29 is 0 Å². The molecule has 0 bridgehead atoms. The number of nitrogens with zero attached hydrogens (tertiary/aromatic N) is 1. The van der Waals surface area contributed by atoms with E-state index in [1.54, 1.807) is 10.4 Å². The molecule has 2 nitrogen and oxygen atoms in total. The van der Waals surface area contributed by atoms with Gasteiger partial charge < -0.3 is 5.32 Å². The Hall–Kier alpha value is -0.380. The monoisotopic (exact) mass is 266 g/mol. The zero-order valence-corrected chi connectivity index (χ0v) is 12.7. The van der Waals surface area contributed by atoms with Gasteiger partial charge in [0.05, 0.1) is 0 Å². The number of hydrogen-bond donors (Lipinski definition) is 1. The molecule has 1 N–H and O–H groups in total. The first-order valence-corrected chi connectivity index (χ1v) is 8.18. The Bertz CT molecular complexity index is 361. The molecular formula is C15H26N2S. The van der Waals surface area contributed by atoms with Crippen LogP contribution in [0.3, 0.4) is 0 Å². The second-order valence-corrected chi connectivity index (χ2v) is 6.21. The zero-order valence-electron chi connectivity index (χ0n) is 11.9. The van der Waals surface area contributed by atoms with Crippen molar-refractivity contribution in [1.82, 2.24) is 10.2 Å². The Labute approximate surface area is 115 Å². The van der Waals surface area contributed by atoms with E-state index in [9.17, 15) is 0 Å². The predicted molar refractivity (Wildman–Crippen MR) is 80.4 cm³/mol. The molecule has 2 heterocycles. The molecule has 102 valence electrons. The Morgan fingerprint density at radius 3 is 3.06 bits per heavy atom. The fourth-order valence-corrected chi connectivity index (χ4v) is 4.02. The van der Waals surface area contributed by atoms with Gasteiger partial charge in [-0.1, -0.05) is 20.3 Å². The van der Waals surface area contributed by atoms with Crippen LogP contribution in [0.15, 0.2) is 11.4 Å². The Morgan fingerprint density at radius 1 is 1.50 bits per heavy atom. The summed E-state index contributed by atoms with van der Waals surface area (Å²) in [5, 5.41) is 5.78. The summed E-state index contributed by atoms with van der Waals surface area (Å²) in [5.74, 6) is 0. The SMILES string of the molecule is CCCC(CNCC)N1CCc2sccc2C1C. The fourth-order valence-electron chi connectivity index (χ4n) is 3.06. The van der Waals surface area contributed by atoms with Crippen LogP contribution < -0.4 is 5.32 Å². The van der Waals surface area contributed by atoms with Gasteiger partial charge in [0.25, 0.3) is 0 Å². The summed E-state index contributed by atoms with van der Waals surface area (Å²) in [6.45, 7) is 10.3. The molecule has 2 atom stereocenters. The van der Waals surface area contributed by atoms with Gasteiger partial charge >= 0.3 is 0 Å². The third-order valence-corrected chi connectivity index (χ3v) is 5.04. The number of thiophene rings is 1. The zero-order chi connectivity index (χ0) is 13.0. The van der Waals surface area contributed by atoms with Crippen LogP contribution in [0.2, 0.25) is 0 Å². The second-order valence-electron chi connectivity index (χ2n) is 5.21. The lowest BCUT2D eigenvalue weighted by molar-refractivity contribution is 0.125. The van der Waals surface area contributed by atoms with Gasteiger partial charge in [-0.05, 0) is 43.3 Å². The fraction of sp³-hybridized carbons (Fsp3) is 0.733. The van der Waals surface area contributed by atoms with E-state index < -0.39 is 0 Å². The molecule has 3 heteroatoms. The number of fused-ring (bicyclic) bond motifs is 1. The van der Waals surface area contributed by atoms with E-state index in [1.165, 1.54) is 25.8 Å². The highest BCUT2D eigenvalue weighted by molar-refractivity contribution is 7.10. The van der Waals surface area contributed by atoms with E-state index in [1.807, 2.05) is 11.3 Å². The molecule has 0 spiro atoms. The van der Waals surface area contributed by atoms with E-state index in [4.69, 9.17) is 0 Å². The minimum Gasteiger partial charge on any atom is -0.315 e. The van der Waals surface area contributed by atoms with E-state index >= 15 is 0 Å². The van der Waals surface area contributed by atoms with Crippen LogP contribution >= 0.6 is 11.3 Å². The number of rotatable bonds is 6. The summed E-state index contributed by atoms with van der Waals surface area (Å²) in [6.07, 6.45) is 3.82. The highest BCUT2D eigenvalue weighted by Crippen LogP contribution is 2.34. The van der Waals surface area contributed by atoms with Crippen LogP contribution in [-0.2, 0) is 6.42 Å². The Kier molecular flexibility index (Phi) is 5.22. The van der Waals surface area contributed by atoms with Crippen LogP contribution in [-0.4, -0.2) is 30.6 Å². The average molecular weight is 266 g/mol. The molecule has 0 amide bonds. The van der Waals surface area contributed by atoms with Gasteiger partial charge in [0, 0.05) is 30.1 Å². The smallest absolute Gasteiger partial charge is 0.0334 e. The van der Waals surface area contributed by atoms with Crippen LogP contribution in [0.4, 0.5) is 0 Å². The summed E-state index contributed by atoms with van der Waals surface area (Å²) in [7, 11) is 0. The van der Waals surface area contributed by atoms with Crippen molar-refractivity contribution in [3.05, 3.63) is 21.9 Å². The minimum absolute atomic E-state index is 0.593. The quantitative estimate of drug-likeness (QED) is 0.848. The Morgan fingerprint density at radius 2 is 2.33 bits per heavy atom. The van der Waals surface area contributed by atoms with Gasteiger partial charge in [-0.3, -0.25) is 4.90 Å². The maximum absolute atomic E-state index is 3.53. The van der Waals surface area contributed by atoms with Crippen LogP contribution in [0.1, 0.15) is 50.1 Å². The topological polar surface area (TPSA) is 15.3 Å². The number of likely N-dealkylation sites (N-methyl/N-ethyl adjacent to an activating group) is 1. The van der Waals surface area contributed by atoms with Crippen molar-refractivity contribution in [2.24, 2.45) is 0 Å². The highest BCUT2D eigenvalue weighted by atomic mass is 32.1. The van der Waals surface area contributed by atoms with Gasteiger partial charge in [-0.25, -0.2) is 0 Å². The summed E-state index contributed by atoms with van der Waals surface area (Å²) < 4.78 is 0. The Balaban J connectivity index is 2.07. The molecule has 0 saturated heterocycles. The molecule has 18 heavy (non-hydrogen) atoms. The molecule has 0 aliphatic carbocycles. The van der Waals surface area contributed by atoms with Crippen molar-refractivity contribution in [3.63, 3.8) is 0 Å². The van der Waals surface area contributed by atoms with Crippen LogP contribution in [0, 0.1) is 0 Å². The number of nitrogens with one attached hydrogen (secondary N) is 1. The normalized spacial score (nSPS) is 21.8. The first kappa shape index (κ1) is 14.0. The lowest BCUT2D eigenvalue weighted by Crippen LogP contribution is -2.46. The van der Waals surface area contributed by atoms with Gasteiger partial charge in [0.2, 0.25) is 0 Å². The second kappa shape index (κ2) is 6.69. The summed E-state index contributed by atoms with van der Waals surface area (Å²) >= 11 is 1.93. The van der Waals surface area contributed by atoms with Crippen molar-refractivity contribution in [3.8, 4) is 0 Å². The summed E-state index contributed by atoms with van der Waals surface area (Å²) in [4.78, 5) is 4.32. The first-order chi connectivity index (χ1) is 8.77. The predicted octanol–water partition coefficient (Wildman–Crippen LogP) is 3.45. The maximum Gasteiger partial charge on any atom is 0.0334 e. The molecule has 1 aromatic rings.